The summed E-state index contributed by atoms with van der Waals surface area (Å²) >= 11 is 9.41. The molecular formula is C24H17BrClNO4. The van der Waals surface area contributed by atoms with Crippen molar-refractivity contribution in [3.8, 4) is 5.75 Å². The molecule has 156 valence electrons. The van der Waals surface area contributed by atoms with Crippen LogP contribution in [-0.2, 0) is 9.59 Å². The van der Waals surface area contributed by atoms with Crippen molar-refractivity contribution in [2.24, 2.45) is 0 Å². The number of hydrogen-bond donors (Lipinski definition) is 2. The number of halogens is 2. The second-order valence-corrected chi connectivity index (χ2v) is 8.50. The highest BCUT2D eigenvalue weighted by Gasteiger charge is 2.47. The zero-order valence-corrected chi connectivity index (χ0v) is 18.7. The first-order valence-corrected chi connectivity index (χ1v) is 10.6. The van der Waals surface area contributed by atoms with Gasteiger partial charge in [-0.15, -0.1) is 0 Å². The van der Waals surface area contributed by atoms with Crippen molar-refractivity contribution < 1.29 is 19.8 Å². The van der Waals surface area contributed by atoms with E-state index in [-0.39, 0.29) is 17.1 Å². The van der Waals surface area contributed by atoms with Crippen molar-refractivity contribution in [3.05, 3.63) is 98.5 Å². The van der Waals surface area contributed by atoms with E-state index in [0.29, 0.717) is 21.8 Å². The Morgan fingerprint density at radius 2 is 1.74 bits per heavy atom. The highest BCUT2D eigenvalue weighted by molar-refractivity contribution is 9.10. The smallest absolute Gasteiger partial charge is 0.300 e. The Morgan fingerprint density at radius 3 is 2.39 bits per heavy atom. The van der Waals surface area contributed by atoms with Gasteiger partial charge in [-0.3, -0.25) is 14.5 Å². The summed E-state index contributed by atoms with van der Waals surface area (Å²) < 4.78 is 0.777. The number of ketones is 1. The molecule has 5 nitrogen and oxygen atoms in total. The summed E-state index contributed by atoms with van der Waals surface area (Å²) in [6, 6.07) is 17.0. The van der Waals surface area contributed by atoms with Crippen LogP contribution in [-0.4, -0.2) is 21.9 Å². The monoisotopic (exact) mass is 497 g/mol. The molecule has 4 rings (SSSR count). The van der Waals surface area contributed by atoms with Gasteiger partial charge in [0.1, 0.15) is 11.5 Å². The van der Waals surface area contributed by atoms with Crippen LogP contribution in [0, 0.1) is 6.92 Å². The first kappa shape index (κ1) is 21.2. The van der Waals surface area contributed by atoms with E-state index in [9.17, 15) is 19.8 Å². The lowest BCUT2D eigenvalue weighted by Gasteiger charge is -2.26. The summed E-state index contributed by atoms with van der Waals surface area (Å²) in [4.78, 5) is 27.5. The summed E-state index contributed by atoms with van der Waals surface area (Å²) in [7, 11) is 0. The SMILES string of the molecule is Cc1ccc(N2C(=O)C(=O)C(=C(O)c3ccc(Cl)cc3)[C@H]2c2cccc(O)c2)cc1Br. The molecule has 7 heteroatoms. The molecule has 0 unspecified atom stereocenters. The maximum absolute atomic E-state index is 13.1. The number of amides is 1. The van der Waals surface area contributed by atoms with Gasteiger partial charge < -0.3 is 10.2 Å². The fraction of sp³-hybridized carbons (Fsp3) is 0.0833. The van der Waals surface area contributed by atoms with Crippen LogP contribution in [0.4, 0.5) is 5.69 Å². The first-order valence-electron chi connectivity index (χ1n) is 9.40. The third kappa shape index (κ3) is 3.84. The van der Waals surface area contributed by atoms with E-state index in [4.69, 9.17) is 11.6 Å². The molecule has 1 aliphatic heterocycles. The molecule has 1 aliphatic rings. The Bertz CT molecular complexity index is 1240. The number of aliphatic hydroxyl groups excluding tert-OH is 1. The Hall–Kier alpha value is -3.09. The fourth-order valence-electron chi connectivity index (χ4n) is 3.60. The third-order valence-electron chi connectivity index (χ3n) is 5.18. The van der Waals surface area contributed by atoms with Gasteiger partial charge in [0.15, 0.2) is 0 Å². The van der Waals surface area contributed by atoms with Crippen LogP contribution in [0.5, 0.6) is 5.75 Å². The molecule has 0 spiro atoms. The minimum absolute atomic E-state index is 0.0142. The number of nitrogens with zero attached hydrogens (tertiary/aromatic N) is 1. The Morgan fingerprint density at radius 1 is 1.03 bits per heavy atom. The standard InChI is InChI=1S/C24H17BrClNO4/c1-13-5-10-17(12-19(13)25)27-21(15-3-2-4-18(28)11-15)20(23(30)24(27)31)22(29)14-6-8-16(26)9-7-14/h2-12,21,28-29H,1H3/t21-/m1/s1. The van der Waals surface area contributed by atoms with Gasteiger partial charge in [0, 0.05) is 20.7 Å². The highest BCUT2D eigenvalue weighted by atomic mass is 79.9. The normalized spacial score (nSPS) is 17.9. The van der Waals surface area contributed by atoms with Gasteiger partial charge in [0.05, 0.1) is 11.6 Å². The average Bonchev–Trinajstić information content (AvgIpc) is 3.01. The van der Waals surface area contributed by atoms with E-state index in [1.807, 2.05) is 13.0 Å². The van der Waals surface area contributed by atoms with Gasteiger partial charge in [0.25, 0.3) is 11.7 Å². The largest absolute Gasteiger partial charge is 0.508 e. The average molecular weight is 499 g/mol. The molecule has 3 aromatic rings. The van der Waals surface area contributed by atoms with Crippen LogP contribution < -0.4 is 4.90 Å². The number of benzene rings is 3. The lowest BCUT2D eigenvalue weighted by molar-refractivity contribution is -0.132. The highest BCUT2D eigenvalue weighted by Crippen LogP contribution is 2.43. The summed E-state index contributed by atoms with van der Waals surface area (Å²) in [6.07, 6.45) is 0. The number of Topliss-reactive ketones (excluding diaryl/α,β-unsaturated/α-hetero) is 1. The van der Waals surface area contributed by atoms with Crippen molar-refractivity contribution in [1.82, 2.24) is 0 Å². The molecule has 0 aliphatic carbocycles. The summed E-state index contributed by atoms with van der Waals surface area (Å²) in [5.41, 5.74) is 2.25. The van der Waals surface area contributed by atoms with Crippen molar-refractivity contribution >= 4 is 50.7 Å². The van der Waals surface area contributed by atoms with Crippen molar-refractivity contribution in [2.45, 2.75) is 13.0 Å². The van der Waals surface area contributed by atoms with Crippen LogP contribution in [0.3, 0.4) is 0 Å². The predicted molar refractivity (Wildman–Crippen MR) is 123 cm³/mol. The van der Waals surface area contributed by atoms with Crippen LogP contribution >= 0.6 is 27.5 Å². The van der Waals surface area contributed by atoms with E-state index >= 15 is 0 Å². The van der Waals surface area contributed by atoms with E-state index in [2.05, 4.69) is 15.9 Å². The zero-order chi connectivity index (χ0) is 22.3. The Kier molecular flexibility index (Phi) is 5.60. The van der Waals surface area contributed by atoms with E-state index in [1.54, 1.807) is 48.5 Å². The minimum Gasteiger partial charge on any atom is -0.508 e. The van der Waals surface area contributed by atoms with Gasteiger partial charge in [-0.1, -0.05) is 45.7 Å². The number of carbonyl (C=O) groups is 2. The molecule has 0 saturated carbocycles. The van der Waals surface area contributed by atoms with Crippen LogP contribution in [0.25, 0.3) is 5.76 Å². The molecule has 0 radical (unpaired) electrons. The third-order valence-corrected chi connectivity index (χ3v) is 6.29. The maximum Gasteiger partial charge on any atom is 0.300 e. The second kappa shape index (κ2) is 8.21. The number of hydrogen-bond acceptors (Lipinski definition) is 4. The lowest BCUT2D eigenvalue weighted by atomic mass is 9.95. The summed E-state index contributed by atoms with van der Waals surface area (Å²) in [6.45, 7) is 1.91. The number of aliphatic hydroxyl groups is 1. The minimum atomic E-state index is -0.919. The van der Waals surface area contributed by atoms with Gasteiger partial charge in [0.2, 0.25) is 0 Å². The molecule has 0 aromatic heterocycles. The molecule has 1 saturated heterocycles. The van der Waals surface area contributed by atoms with Gasteiger partial charge in [-0.05, 0) is 66.6 Å². The number of aryl methyl sites for hydroxylation is 1. The zero-order valence-electron chi connectivity index (χ0n) is 16.3. The number of anilines is 1. The Balaban J connectivity index is 1.96. The molecule has 31 heavy (non-hydrogen) atoms. The lowest BCUT2D eigenvalue weighted by Crippen LogP contribution is -2.29. The molecule has 0 bridgehead atoms. The topological polar surface area (TPSA) is 77.8 Å². The molecule has 3 aromatic carbocycles. The molecule has 1 atom stereocenters. The summed E-state index contributed by atoms with van der Waals surface area (Å²) in [5.74, 6) is -1.89. The molecular weight excluding hydrogens is 482 g/mol. The van der Waals surface area contributed by atoms with Crippen molar-refractivity contribution in [3.63, 3.8) is 0 Å². The molecule has 1 fully saturated rings. The Labute approximate surface area is 192 Å². The number of phenolic OH excluding ortho intramolecular Hbond substituents is 1. The molecule has 2 N–H and O–H groups in total. The van der Waals surface area contributed by atoms with E-state index < -0.39 is 17.7 Å². The van der Waals surface area contributed by atoms with Gasteiger partial charge >= 0.3 is 0 Å². The number of carbonyl (C=O) groups excluding carboxylic acids is 2. The van der Waals surface area contributed by atoms with E-state index in [1.165, 1.54) is 17.0 Å². The van der Waals surface area contributed by atoms with Crippen LogP contribution in [0.15, 0.2) is 76.8 Å². The molecule has 1 heterocycles. The van der Waals surface area contributed by atoms with Crippen LogP contribution in [0.2, 0.25) is 5.02 Å². The van der Waals surface area contributed by atoms with Crippen molar-refractivity contribution in [1.29, 1.82) is 0 Å². The summed E-state index contributed by atoms with van der Waals surface area (Å²) in [5, 5.41) is 21.5. The number of phenols is 1. The number of rotatable bonds is 3. The molecule has 1 amide bonds. The van der Waals surface area contributed by atoms with Gasteiger partial charge in [-0.25, -0.2) is 0 Å². The fourth-order valence-corrected chi connectivity index (χ4v) is 4.10. The van der Waals surface area contributed by atoms with E-state index in [0.717, 1.165) is 10.0 Å². The number of aromatic hydroxyl groups is 1. The predicted octanol–water partition coefficient (Wildman–Crippen LogP) is 5.74. The quantitative estimate of drug-likeness (QED) is 0.274. The maximum atomic E-state index is 13.1. The second-order valence-electron chi connectivity index (χ2n) is 7.20. The van der Waals surface area contributed by atoms with Crippen molar-refractivity contribution in [2.75, 3.05) is 4.90 Å². The first-order chi connectivity index (χ1) is 14.8. The van der Waals surface area contributed by atoms with Gasteiger partial charge in [-0.2, -0.15) is 0 Å². The van der Waals surface area contributed by atoms with Crippen LogP contribution in [0.1, 0.15) is 22.7 Å².